The van der Waals surface area contributed by atoms with Crippen molar-refractivity contribution in [2.75, 3.05) is 0 Å². The average Bonchev–Trinajstić information content (AvgIpc) is 2.90. The van der Waals surface area contributed by atoms with E-state index < -0.39 is 12.1 Å². The van der Waals surface area contributed by atoms with Gasteiger partial charge in [0.05, 0.1) is 29.2 Å². The molecule has 3 rings (SSSR count). The first-order valence-electron chi connectivity index (χ1n) is 8.04. The van der Waals surface area contributed by atoms with Crippen LogP contribution in [0.1, 0.15) is 28.7 Å². The molecule has 0 aliphatic heterocycles. The Morgan fingerprint density at radius 3 is 2.72 bits per heavy atom. The monoisotopic (exact) mass is 340 g/mol. The fourth-order valence-corrected chi connectivity index (χ4v) is 2.75. The Morgan fingerprint density at radius 2 is 2.04 bits per heavy atom. The highest BCUT2D eigenvalue weighted by atomic mass is 16.5. The van der Waals surface area contributed by atoms with Gasteiger partial charge in [0.25, 0.3) is 0 Å². The molecule has 2 N–H and O–H groups in total. The predicted molar refractivity (Wildman–Crippen MR) is 93.9 cm³/mol. The summed E-state index contributed by atoms with van der Waals surface area (Å²) in [6.45, 7) is 4.25. The maximum atomic E-state index is 11.2. The van der Waals surface area contributed by atoms with Crippen molar-refractivity contribution in [2.24, 2.45) is 0 Å². The van der Waals surface area contributed by atoms with Crippen LogP contribution in [0.2, 0.25) is 0 Å². The van der Waals surface area contributed by atoms with Gasteiger partial charge in [-0.3, -0.25) is 0 Å². The number of carbonyl (C=O) groups is 1. The quantitative estimate of drug-likeness (QED) is 0.720. The summed E-state index contributed by atoms with van der Waals surface area (Å²) in [5.41, 5.74) is 2.55. The minimum absolute atomic E-state index is 0.181. The number of aromatic nitrogens is 2. The number of ether oxygens (including phenoxy) is 1. The summed E-state index contributed by atoms with van der Waals surface area (Å²) < 4.78 is 7.74. The number of benzene rings is 2. The first-order valence-corrected chi connectivity index (χ1v) is 8.04. The van der Waals surface area contributed by atoms with E-state index in [0.29, 0.717) is 17.9 Å². The molecule has 0 aliphatic carbocycles. The van der Waals surface area contributed by atoms with Gasteiger partial charge >= 0.3 is 5.97 Å². The van der Waals surface area contributed by atoms with Crippen molar-refractivity contribution in [1.82, 2.24) is 9.55 Å². The fourth-order valence-electron chi connectivity index (χ4n) is 2.75. The Morgan fingerprint density at radius 1 is 1.28 bits per heavy atom. The van der Waals surface area contributed by atoms with E-state index in [9.17, 15) is 9.90 Å². The standard InChI is InChI=1S/C19H20N2O4/c1-12-5-3-4-6-17(12)25-11-18-20-15-9-14(19(23)24)7-8-16(15)21(18)10-13(2)22/h3-9,13,22H,10-11H2,1-2H3,(H,23,24). The zero-order chi connectivity index (χ0) is 18.0. The summed E-state index contributed by atoms with van der Waals surface area (Å²) in [4.78, 5) is 15.7. The maximum Gasteiger partial charge on any atom is 0.335 e. The second-order valence-corrected chi connectivity index (χ2v) is 6.05. The molecule has 2 aromatic carbocycles. The molecule has 0 fully saturated rings. The fraction of sp³-hybridized carbons (Fsp3) is 0.263. The molecule has 1 unspecified atom stereocenters. The van der Waals surface area contributed by atoms with Gasteiger partial charge in [0.2, 0.25) is 0 Å². The zero-order valence-corrected chi connectivity index (χ0v) is 14.1. The lowest BCUT2D eigenvalue weighted by atomic mass is 10.2. The first kappa shape index (κ1) is 17.0. The van der Waals surface area contributed by atoms with E-state index in [1.54, 1.807) is 13.0 Å². The van der Waals surface area contributed by atoms with Crippen LogP contribution in [0, 0.1) is 6.92 Å². The lowest BCUT2D eigenvalue weighted by Gasteiger charge is -2.13. The van der Waals surface area contributed by atoms with Gasteiger partial charge in [-0.05, 0) is 43.7 Å². The molecule has 3 aromatic rings. The number of imidazole rings is 1. The highest BCUT2D eigenvalue weighted by Crippen LogP contribution is 2.22. The molecule has 0 saturated heterocycles. The van der Waals surface area contributed by atoms with Crippen LogP contribution >= 0.6 is 0 Å². The van der Waals surface area contributed by atoms with Gasteiger partial charge in [-0.15, -0.1) is 0 Å². The molecule has 0 aliphatic rings. The summed E-state index contributed by atoms with van der Waals surface area (Å²) >= 11 is 0. The molecule has 0 bridgehead atoms. The Balaban J connectivity index is 1.97. The lowest BCUT2D eigenvalue weighted by Crippen LogP contribution is -2.15. The minimum Gasteiger partial charge on any atom is -0.485 e. The molecule has 1 aromatic heterocycles. The second-order valence-electron chi connectivity index (χ2n) is 6.05. The van der Waals surface area contributed by atoms with Gasteiger partial charge in [0.1, 0.15) is 18.2 Å². The Hall–Kier alpha value is -2.86. The van der Waals surface area contributed by atoms with E-state index in [1.165, 1.54) is 12.1 Å². The van der Waals surface area contributed by atoms with Gasteiger partial charge in [0, 0.05) is 0 Å². The Kier molecular flexibility index (Phi) is 4.72. The molecule has 130 valence electrons. The van der Waals surface area contributed by atoms with Crippen LogP contribution in [0.5, 0.6) is 5.75 Å². The maximum absolute atomic E-state index is 11.2. The molecule has 1 atom stereocenters. The van der Waals surface area contributed by atoms with Gasteiger partial charge < -0.3 is 19.5 Å². The third-order valence-corrected chi connectivity index (χ3v) is 3.97. The van der Waals surface area contributed by atoms with Crippen LogP contribution < -0.4 is 4.74 Å². The van der Waals surface area contributed by atoms with Crippen LogP contribution in [0.3, 0.4) is 0 Å². The first-order chi connectivity index (χ1) is 12.0. The highest BCUT2D eigenvalue weighted by Gasteiger charge is 2.15. The number of aliphatic hydroxyl groups excluding tert-OH is 1. The van der Waals surface area contributed by atoms with E-state index >= 15 is 0 Å². The smallest absolute Gasteiger partial charge is 0.335 e. The largest absolute Gasteiger partial charge is 0.485 e. The summed E-state index contributed by atoms with van der Waals surface area (Å²) in [6, 6.07) is 12.5. The van der Waals surface area contributed by atoms with E-state index in [0.717, 1.165) is 16.8 Å². The van der Waals surface area contributed by atoms with Gasteiger partial charge in [-0.2, -0.15) is 0 Å². The zero-order valence-electron chi connectivity index (χ0n) is 14.1. The van der Waals surface area contributed by atoms with E-state index in [4.69, 9.17) is 9.84 Å². The third kappa shape index (κ3) is 3.64. The van der Waals surface area contributed by atoms with Crippen LogP contribution in [0.4, 0.5) is 0 Å². The van der Waals surface area contributed by atoms with Crippen molar-refractivity contribution >= 4 is 17.0 Å². The molecular weight excluding hydrogens is 320 g/mol. The number of para-hydroxylation sites is 1. The van der Waals surface area contributed by atoms with E-state index in [-0.39, 0.29) is 12.2 Å². The summed E-state index contributed by atoms with van der Waals surface area (Å²) in [7, 11) is 0. The van der Waals surface area contributed by atoms with Crippen molar-refractivity contribution in [3.8, 4) is 5.75 Å². The van der Waals surface area contributed by atoms with Crippen LogP contribution in [0.15, 0.2) is 42.5 Å². The summed E-state index contributed by atoms with van der Waals surface area (Å²) in [5, 5.41) is 18.9. The number of aryl methyl sites for hydroxylation is 1. The van der Waals surface area contributed by atoms with Crippen LogP contribution in [-0.4, -0.2) is 31.8 Å². The van der Waals surface area contributed by atoms with Crippen molar-refractivity contribution in [2.45, 2.75) is 33.1 Å². The summed E-state index contributed by atoms with van der Waals surface area (Å²) in [6.07, 6.45) is -0.561. The number of fused-ring (bicyclic) bond motifs is 1. The second kappa shape index (κ2) is 6.94. The SMILES string of the molecule is Cc1ccccc1OCc1nc2cc(C(=O)O)ccc2n1CC(C)O. The number of aliphatic hydroxyl groups is 1. The Bertz CT molecular complexity index is 915. The number of rotatable bonds is 6. The van der Waals surface area contributed by atoms with Crippen molar-refractivity contribution < 1.29 is 19.7 Å². The van der Waals surface area contributed by atoms with Crippen molar-refractivity contribution in [3.05, 3.63) is 59.4 Å². The highest BCUT2D eigenvalue weighted by molar-refractivity contribution is 5.92. The molecule has 0 radical (unpaired) electrons. The molecule has 1 heterocycles. The molecular formula is C19H20N2O4. The molecule has 6 heteroatoms. The van der Waals surface area contributed by atoms with Crippen LogP contribution in [0.25, 0.3) is 11.0 Å². The van der Waals surface area contributed by atoms with Crippen molar-refractivity contribution in [1.29, 1.82) is 0 Å². The number of carboxylic acid groups (broad SMARTS) is 1. The topological polar surface area (TPSA) is 84.6 Å². The minimum atomic E-state index is -0.996. The van der Waals surface area contributed by atoms with Crippen molar-refractivity contribution in [3.63, 3.8) is 0 Å². The average molecular weight is 340 g/mol. The van der Waals surface area contributed by atoms with E-state index in [2.05, 4.69) is 4.98 Å². The Labute approximate surface area is 145 Å². The molecule has 0 spiro atoms. The van der Waals surface area contributed by atoms with Gasteiger partial charge in [0.15, 0.2) is 0 Å². The third-order valence-electron chi connectivity index (χ3n) is 3.97. The number of aromatic carboxylic acids is 1. The number of hydrogen-bond donors (Lipinski definition) is 2. The summed E-state index contributed by atoms with van der Waals surface area (Å²) in [5.74, 6) is 0.413. The molecule has 0 saturated carbocycles. The molecule has 6 nitrogen and oxygen atoms in total. The number of carboxylic acids is 1. The number of hydrogen-bond acceptors (Lipinski definition) is 4. The van der Waals surface area contributed by atoms with Gasteiger partial charge in [-0.1, -0.05) is 18.2 Å². The van der Waals surface area contributed by atoms with Gasteiger partial charge in [-0.25, -0.2) is 9.78 Å². The van der Waals surface area contributed by atoms with E-state index in [1.807, 2.05) is 35.8 Å². The number of nitrogens with zero attached hydrogens (tertiary/aromatic N) is 2. The van der Waals surface area contributed by atoms with Crippen LogP contribution in [-0.2, 0) is 13.2 Å². The lowest BCUT2D eigenvalue weighted by molar-refractivity contribution is 0.0697. The predicted octanol–water partition coefficient (Wildman–Crippen LogP) is 3.00. The molecule has 25 heavy (non-hydrogen) atoms. The molecule has 0 amide bonds. The normalized spacial score (nSPS) is 12.3.